The fourth-order valence-corrected chi connectivity index (χ4v) is 2.67. The van der Waals surface area contributed by atoms with E-state index in [-0.39, 0.29) is 28.0 Å². The van der Waals surface area contributed by atoms with Gasteiger partial charge in [-0.25, -0.2) is 4.39 Å². The summed E-state index contributed by atoms with van der Waals surface area (Å²) in [5, 5.41) is 2.84. The molecule has 3 rings (SSSR count). The number of halogens is 1. The molecule has 7 nitrogen and oxygen atoms in total. The molecule has 2 amide bonds. The summed E-state index contributed by atoms with van der Waals surface area (Å²) in [7, 11) is 1.56. The Bertz CT molecular complexity index is 1040. The highest BCUT2D eigenvalue weighted by Crippen LogP contribution is 2.33. The molecule has 0 spiro atoms. The van der Waals surface area contributed by atoms with Crippen molar-refractivity contribution in [2.45, 2.75) is 6.92 Å². The Labute approximate surface area is 160 Å². The lowest BCUT2D eigenvalue weighted by molar-refractivity contribution is 0.0977. The Kier molecular flexibility index (Phi) is 5.60. The molecule has 0 fully saturated rings. The number of furan rings is 1. The van der Waals surface area contributed by atoms with E-state index in [1.807, 2.05) is 0 Å². The first-order valence-electron chi connectivity index (χ1n) is 8.46. The highest BCUT2D eigenvalue weighted by molar-refractivity contribution is 6.14. The number of methoxy groups -OCH3 is 1. The average molecular weight is 386 g/mol. The maximum atomic E-state index is 14.0. The van der Waals surface area contributed by atoms with Crippen LogP contribution in [0.5, 0.6) is 5.75 Å². The highest BCUT2D eigenvalue weighted by Gasteiger charge is 2.22. The SMILES string of the molecule is COCCOc1cccc(C(=O)Nc2c(C(N)=O)oc3cc(C)c(F)cc23)c1. The van der Waals surface area contributed by atoms with Crippen LogP contribution in [0.2, 0.25) is 0 Å². The van der Waals surface area contributed by atoms with Gasteiger partial charge >= 0.3 is 0 Å². The lowest BCUT2D eigenvalue weighted by Gasteiger charge is -2.08. The number of primary amides is 1. The van der Waals surface area contributed by atoms with E-state index in [0.717, 1.165) is 0 Å². The average Bonchev–Trinajstić information content (AvgIpc) is 3.00. The number of anilines is 1. The largest absolute Gasteiger partial charge is 0.491 e. The Balaban J connectivity index is 1.92. The summed E-state index contributed by atoms with van der Waals surface area (Å²) < 4.78 is 29.8. The summed E-state index contributed by atoms with van der Waals surface area (Å²) in [6, 6.07) is 9.12. The van der Waals surface area contributed by atoms with Crippen LogP contribution in [-0.4, -0.2) is 32.1 Å². The van der Waals surface area contributed by atoms with Crippen LogP contribution in [0.4, 0.5) is 10.1 Å². The molecule has 8 heteroatoms. The Morgan fingerprint density at radius 3 is 2.71 bits per heavy atom. The Hall–Kier alpha value is -3.39. The molecule has 0 bridgehead atoms. The Morgan fingerprint density at radius 2 is 2.00 bits per heavy atom. The number of hydrogen-bond donors (Lipinski definition) is 2. The van der Waals surface area contributed by atoms with Crippen molar-refractivity contribution >= 4 is 28.5 Å². The number of benzene rings is 2. The molecule has 0 aliphatic heterocycles. The molecule has 2 aromatic carbocycles. The number of fused-ring (bicyclic) bond motifs is 1. The fourth-order valence-electron chi connectivity index (χ4n) is 2.67. The van der Waals surface area contributed by atoms with Crippen molar-refractivity contribution in [3.05, 3.63) is 59.1 Å². The first-order valence-corrected chi connectivity index (χ1v) is 8.46. The number of nitrogens with one attached hydrogen (secondary N) is 1. The van der Waals surface area contributed by atoms with Crippen molar-refractivity contribution in [1.82, 2.24) is 0 Å². The molecule has 0 atom stereocenters. The molecule has 0 aliphatic rings. The Morgan fingerprint density at radius 1 is 1.21 bits per heavy atom. The fraction of sp³-hybridized carbons (Fsp3) is 0.200. The lowest BCUT2D eigenvalue weighted by atomic mass is 10.1. The lowest BCUT2D eigenvalue weighted by Crippen LogP contribution is -2.17. The van der Waals surface area contributed by atoms with E-state index in [9.17, 15) is 14.0 Å². The van der Waals surface area contributed by atoms with Gasteiger partial charge < -0.3 is 24.9 Å². The number of aryl methyl sites for hydroxylation is 1. The summed E-state index contributed by atoms with van der Waals surface area (Å²) >= 11 is 0. The van der Waals surface area contributed by atoms with Gasteiger partial charge in [0, 0.05) is 18.1 Å². The first kappa shape index (κ1) is 19.4. The van der Waals surface area contributed by atoms with Gasteiger partial charge in [-0.1, -0.05) is 6.07 Å². The van der Waals surface area contributed by atoms with Crippen LogP contribution >= 0.6 is 0 Å². The topological polar surface area (TPSA) is 104 Å². The van der Waals surface area contributed by atoms with Gasteiger partial charge in [0.25, 0.3) is 11.8 Å². The third kappa shape index (κ3) is 3.96. The second-order valence-corrected chi connectivity index (χ2v) is 6.09. The third-order valence-electron chi connectivity index (χ3n) is 4.08. The predicted molar refractivity (Wildman–Crippen MR) is 101 cm³/mol. The third-order valence-corrected chi connectivity index (χ3v) is 4.08. The van der Waals surface area contributed by atoms with E-state index >= 15 is 0 Å². The van der Waals surface area contributed by atoms with Crippen LogP contribution in [0.3, 0.4) is 0 Å². The van der Waals surface area contributed by atoms with Crippen LogP contribution < -0.4 is 15.8 Å². The molecular weight excluding hydrogens is 367 g/mol. The van der Waals surface area contributed by atoms with Crippen LogP contribution in [0.15, 0.2) is 40.8 Å². The number of ether oxygens (including phenoxy) is 2. The molecule has 1 heterocycles. The first-order chi connectivity index (χ1) is 13.4. The van der Waals surface area contributed by atoms with E-state index in [1.54, 1.807) is 38.3 Å². The van der Waals surface area contributed by atoms with Crippen molar-refractivity contribution in [2.24, 2.45) is 5.73 Å². The van der Waals surface area contributed by atoms with Crippen molar-refractivity contribution in [1.29, 1.82) is 0 Å². The summed E-state index contributed by atoms with van der Waals surface area (Å²) in [6.45, 7) is 2.30. The quantitative estimate of drug-likeness (QED) is 0.607. The van der Waals surface area contributed by atoms with Gasteiger partial charge in [-0.15, -0.1) is 0 Å². The number of carbonyl (C=O) groups is 2. The molecule has 146 valence electrons. The van der Waals surface area contributed by atoms with E-state index in [0.29, 0.717) is 24.5 Å². The minimum absolute atomic E-state index is 0.0251. The zero-order chi connectivity index (χ0) is 20.3. The minimum Gasteiger partial charge on any atom is -0.491 e. The zero-order valence-corrected chi connectivity index (χ0v) is 15.4. The van der Waals surface area contributed by atoms with Gasteiger partial charge in [-0.2, -0.15) is 0 Å². The van der Waals surface area contributed by atoms with Gasteiger partial charge in [-0.3, -0.25) is 9.59 Å². The normalized spacial score (nSPS) is 10.8. The number of carbonyl (C=O) groups excluding carboxylic acids is 2. The molecule has 0 aliphatic carbocycles. The van der Waals surface area contributed by atoms with Gasteiger partial charge in [0.05, 0.1) is 6.61 Å². The molecule has 28 heavy (non-hydrogen) atoms. The number of amides is 2. The molecule has 0 unspecified atom stereocenters. The van der Waals surface area contributed by atoms with E-state index in [1.165, 1.54) is 12.1 Å². The highest BCUT2D eigenvalue weighted by atomic mass is 19.1. The van der Waals surface area contributed by atoms with Crippen LogP contribution in [0.1, 0.15) is 26.5 Å². The second-order valence-electron chi connectivity index (χ2n) is 6.09. The molecular formula is C20H19FN2O5. The van der Waals surface area contributed by atoms with Crippen molar-refractivity contribution in [2.75, 3.05) is 25.6 Å². The number of hydrogen-bond acceptors (Lipinski definition) is 5. The number of nitrogens with two attached hydrogens (primary N) is 1. The van der Waals surface area contributed by atoms with Gasteiger partial charge in [0.1, 0.15) is 29.4 Å². The summed E-state index contributed by atoms with van der Waals surface area (Å²) in [5.74, 6) is -1.66. The smallest absolute Gasteiger partial charge is 0.286 e. The van der Waals surface area contributed by atoms with Crippen molar-refractivity contribution in [3.8, 4) is 5.75 Å². The molecule has 0 radical (unpaired) electrons. The van der Waals surface area contributed by atoms with Crippen molar-refractivity contribution < 1.29 is 27.9 Å². The van der Waals surface area contributed by atoms with Crippen LogP contribution in [-0.2, 0) is 4.74 Å². The maximum absolute atomic E-state index is 14.0. The van der Waals surface area contributed by atoms with E-state index in [4.69, 9.17) is 19.6 Å². The van der Waals surface area contributed by atoms with Gasteiger partial charge in [-0.05, 0) is 42.8 Å². The minimum atomic E-state index is -0.874. The summed E-state index contributed by atoms with van der Waals surface area (Å²) in [4.78, 5) is 24.4. The maximum Gasteiger partial charge on any atom is 0.286 e. The van der Waals surface area contributed by atoms with Gasteiger partial charge in [0.2, 0.25) is 5.76 Å². The standard InChI is InChI=1S/C20H19FN2O5/c1-11-8-16-14(10-15(11)21)17(18(28-16)19(22)24)23-20(25)12-4-3-5-13(9-12)27-7-6-26-2/h3-5,8-10H,6-7H2,1-2H3,(H2,22,24)(H,23,25). The molecule has 3 aromatic rings. The van der Waals surface area contributed by atoms with Crippen LogP contribution in [0.25, 0.3) is 11.0 Å². The van der Waals surface area contributed by atoms with Crippen LogP contribution in [0, 0.1) is 12.7 Å². The predicted octanol–water partition coefficient (Wildman–Crippen LogP) is 3.26. The van der Waals surface area contributed by atoms with E-state index < -0.39 is 17.6 Å². The number of rotatable bonds is 7. The summed E-state index contributed by atoms with van der Waals surface area (Å²) in [5.41, 5.74) is 6.25. The van der Waals surface area contributed by atoms with Gasteiger partial charge in [0.15, 0.2) is 0 Å². The molecule has 0 saturated heterocycles. The van der Waals surface area contributed by atoms with Crippen molar-refractivity contribution in [3.63, 3.8) is 0 Å². The second kappa shape index (κ2) is 8.10. The molecule has 1 aromatic heterocycles. The molecule has 3 N–H and O–H groups in total. The summed E-state index contributed by atoms with van der Waals surface area (Å²) in [6.07, 6.45) is 0. The van der Waals surface area contributed by atoms with E-state index in [2.05, 4.69) is 5.32 Å². The molecule has 0 saturated carbocycles. The monoisotopic (exact) mass is 386 g/mol. The zero-order valence-electron chi connectivity index (χ0n) is 15.4.